The van der Waals surface area contributed by atoms with E-state index in [4.69, 9.17) is 4.74 Å². The van der Waals surface area contributed by atoms with E-state index in [1.165, 1.54) is 0 Å². The summed E-state index contributed by atoms with van der Waals surface area (Å²) >= 11 is 0. The van der Waals surface area contributed by atoms with E-state index in [0.717, 1.165) is 25.2 Å². The molecule has 108 valence electrons. The van der Waals surface area contributed by atoms with Crippen molar-refractivity contribution in [1.82, 2.24) is 10.3 Å². The van der Waals surface area contributed by atoms with E-state index >= 15 is 0 Å². The first kappa shape index (κ1) is 15.9. The largest absolute Gasteiger partial charge is 0.491 e. The molecule has 1 rings (SSSR count). The molecule has 0 amide bonds. The zero-order valence-corrected chi connectivity index (χ0v) is 12.4. The molecule has 0 atom stereocenters. The molecule has 1 heterocycles. The number of sulfone groups is 1. The zero-order chi connectivity index (χ0) is 14.1. The monoisotopic (exact) mass is 286 g/mol. The number of rotatable bonds is 9. The molecule has 19 heavy (non-hydrogen) atoms. The fourth-order valence-electron chi connectivity index (χ4n) is 1.42. The van der Waals surface area contributed by atoms with Gasteiger partial charge in [-0.1, -0.05) is 13.8 Å². The SMILES string of the molecule is CCCNCc1ccc(OCCS(=O)(=O)CC)cn1. The third-order valence-corrected chi connectivity index (χ3v) is 4.30. The van der Waals surface area contributed by atoms with Gasteiger partial charge in [0.2, 0.25) is 0 Å². The zero-order valence-electron chi connectivity index (χ0n) is 11.6. The summed E-state index contributed by atoms with van der Waals surface area (Å²) in [5.41, 5.74) is 0.946. The van der Waals surface area contributed by atoms with Gasteiger partial charge in [-0.2, -0.15) is 0 Å². The molecule has 6 heteroatoms. The number of aromatic nitrogens is 1. The first-order valence-corrected chi connectivity index (χ1v) is 8.38. The molecule has 0 radical (unpaired) electrons. The molecular weight excluding hydrogens is 264 g/mol. The number of pyridine rings is 1. The molecule has 1 aromatic rings. The standard InChI is InChI=1S/C13H22N2O3S/c1-3-7-14-10-12-5-6-13(11-15-12)18-8-9-19(16,17)4-2/h5-6,11,14H,3-4,7-10H2,1-2H3. The van der Waals surface area contributed by atoms with Crippen LogP contribution < -0.4 is 10.1 Å². The van der Waals surface area contributed by atoms with E-state index in [1.54, 1.807) is 13.1 Å². The third kappa shape index (κ3) is 6.54. The van der Waals surface area contributed by atoms with E-state index < -0.39 is 9.84 Å². The van der Waals surface area contributed by atoms with Gasteiger partial charge >= 0.3 is 0 Å². The fourth-order valence-corrected chi connectivity index (χ4v) is 2.05. The van der Waals surface area contributed by atoms with Crippen LogP contribution in [0.5, 0.6) is 5.75 Å². The maximum absolute atomic E-state index is 11.3. The first-order chi connectivity index (χ1) is 9.07. The second-order valence-corrected chi connectivity index (χ2v) is 6.72. The van der Waals surface area contributed by atoms with Crippen molar-refractivity contribution in [2.75, 3.05) is 24.7 Å². The maximum atomic E-state index is 11.3. The van der Waals surface area contributed by atoms with Gasteiger partial charge in [-0.15, -0.1) is 0 Å². The third-order valence-electron chi connectivity index (χ3n) is 2.63. The van der Waals surface area contributed by atoms with Gasteiger partial charge in [-0.25, -0.2) is 8.42 Å². The lowest BCUT2D eigenvalue weighted by Gasteiger charge is -2.07. The van der Waals surface area contributed by atoms with Crippen LogP contribution in [0.15, 0.2) is 18.3 Å². The highest BCUT2D eigenvalue weighted by molar-refractivity contribution is 7.91. The average Bonchev–Trinajstić information content (AvgIpc) is 2.41. The highest BCUT2D eigenvalue weighted by Crippen LogP contribution is 2.09. The van der Waals surface area contributed by atoms with E-state index in [-0.39, 0.29) is 18.1 Å². The van der Waals surface area contributed by atoms with Gasteiger partial charge in [-0.3, -0.25) is 4.98 Å². The lowest BCUT2D eigenvalue weighted by molar-refractivity contribution is 0.339. The van der Waals surface area contributed by atoms with E-state index in [9.17, 15) is 8.42 Å². The van der Waals surface area contributed by atoms with Crippen LogP contribution in [0.2, 0.25) is 0 Å². The minimum Gasteiger partial charge on any atom is -0.491 e. The van der Waals surface area contributed by atoms with Crippen LogP contribution in [0.3, 0.4) is 0 Å². The number of ether oxygens (including phenoxy) is 1. The smallest absolute Gasteiger partial charge is 0.153 e. The first-order valence-electron chi connectivity index (χ1n) is 6.56. The Kier molecular flexibility index (Phi) is 6.80. The molecule has 0 saturated carbocycles. The average molecular weight is 286 g/mol. The van der Waals surface area contributed by atoms with Gasteiger partial charge in [0.15, 0.2) is 9.84 Å². The second kappa shape index (κ2) is 8.12. The van der Waals surface area contributed by atoms with Gasteiger partial charge in [-0.05, 0) is 25.1 Å². The van der Waals surface area contributed by atoms with Gasteiger partial charge in [0.25, 0.3) is 0 Å². The van der Waals surface area contributed by atoms with E-state index in [2.05, 4.69) is 17.2 Å². The van der Waals surface area contributed by atoms with Crippen molar-refractivity contribution in [2.24, 2.45) is 0 Å². The quantitative estimate of drug-likeness (QED) is 0.695. The highest BCUT2D eigenvalue weighted by atomic mass is 32.2. The summed E-state index contributed by atoms with van der Waals surface area (Å²) in [4.78, 5) is 4.25. The number of hydrogen-bond acceptors (Lipinski definition) is 5. The lowest BCUT2D eigenvalue weighted by atomic mass is 10.3. The molecule has 1 aromatic heterocycles. The molecule has 1 N–H and O–H groups in total. The maximum Gasteiger partial charge on any atom is 0.153 e. The van der Waals surface area contributed by atoms with Gasteiger partial charge in [0.1, 0.15) is 12.4 Å². The summed E-state index contributed by atoms with van der Waals surface area (Å²) < 4.78 is 27.9. The van der Waals surface area contributed by atoms with Crippen molar-refractivity contribution in [3.05, 3.63) is 24.0 Å². The Morgan fingerprint density at radius 2 is 2.11 bits per heavy atom. The van der Waals surface area contributed by atoms with E-state index in [1.807, 2.05) is 12.1 Å². The molecular formula is C13H22N2O3S. The molecule has 0 unspecified atom stereocenters. The molecule has 0 aliphatic carbocycles. The van der Waals surface area contributed by atoms with Gasteiger partial charge in [0, 0.05) is 12.3 Å². The van der Waals surface area contributed by atoms with Crippen molar-refractivity contribution < 1.29 is 13.2 Å². The van der Waals surface area contributed by atoms with Crippen molar-refractivity contribution in [3.8, 4) is 5.75 Å². The van der Waals surface area contributed by atoms with Crippen LogP contribution in [-0.2, 0) is 16.4 Å². The molecule has 0 bridgehead atoms. The Balaban J connectivity index is 2.36. The minimum absolute atomic E-state index is 0.0449. The Bertz CT molecular complexity index is 457. The molecule has 0 spiro atoms. The molecule has 0 saturated heterocycles. The Morgan fingerprint density at radius 1 is 1.32 bits per heavy atom. The van der Waals surface area contributed by atoms with Crippen LogP contribution in [0.25, 0.3) is 0 Å². The van der Waals surface area contributed by atoms with Gasteiger partial charge in [0.05, 0.1) is 17.6 Å². The van der Waals surface area contributed by atoms with Gasteiger partial charge < -0.3 is 10.1 Å². The number of nitrogens with one attached hydrogen (secondary N) is 1. The van der Waals surface area contributed by atoms with Crippen LogP contribution in [0.1, 0.15) is 26.0 Å². The normalized spacial score (nSPS) is 11.5. The highest BCUT2D eigenvalue weighted by Gasteiger charge is 2.07. The summed E-state index contributed by atoms with van der Waals surface area (Å²) in [6.45, 7) is 5.62. The molecule has 0 aromatic carbocycles. The predicted molar refractivity (Wildman–Crippen MR) is 76.1 cm³/mol. The summed E-state index contributed by atoms with van der Waals surface area (Å²) in [6.07, 6.45) is 2.72. The predicted octanol–water partition coefficient (Wildman–Crippen LogP) is 1.39. The van der Waals surface area contributed by atoms with E-state index in [0.29, 0.717) is 5.75 Å². The molecule has 0 aliphatic heterocycles. The lowest BCUT2D eigenvalue weighted by Crippen LogP contribution is -2.16. The molecule has 0 fully saturated rings. The second-order valence-electron chi connectivity index (χ2n) is 4.25. The number of nitrogens with zero attached hydrogens (tertiary/aromatic N) is 1. The fraction of sp³-hybridized carbons (Fsp3) is 0.615. The summed E-state index contributed by atoms with van der Waals surface area (Å²) in [5, 5.41) is 3.26. The summed E-state index contributed by atoms with van der Waals surface area (Å²) in [6, 6.07) is 3.70. The topological polar surface area (TPSA) is 68.3 Å². The van der Waals surface area contributed by atoms with Crippen molar-refractivity contribution in [3.63, 3.8) is 0 Å². The molecule has 5 nitrogen and oxygen atoms in total. The Morgan fingerprint density at radius 3 is 2.68 bits per heavy atom. The summed E-state index contributed by atoms with van der Waals surface area (Å²) in [5.74, 6) is 0.797. The van der Waals surface area contributed by atoms with Crippen LogP contribution in [-0.4, -0.2) is 38.1 Å². The summed E-state index contributed by atoms with van der Waals surface area (Å²) in [7, 11) is -2.97. The van der Waals surface area contributed by atoms with Crippen LogP contribution in [0, 0.1) is 0 Å². The molecule has 0 aliphatic rings. The van der Waals surface area contributed by atoms with Crippen LogP contribution in [0.4, 0.5) is 0 Å². The van der Waals surface area contributed by atoms with Crippen LogP contribution >= 0.6 is 0 Å². The Labute approximate surface area is 115 Å². The Hall–Kier alpha value is -1.14. The van der Waals surface area contributed by atoms with Crippen molar-refractivity contribution in [1.29, 1.82) is 0 Å². The minimum atomic E-state index is -2.97. The number of hydrogen-bond donors (Lipinski definition) is 1. The van der Waals surface area contributed by atoms with Crippen molar-refractivity contribution in [2.45, 2.75) is 26.8 Å². The van der Waals surface area contributed by atoms with Crippen molar-refractivity contribution >= 4 is 9.84 Å².